The van der Waals surface area contributed by atoms with Gasteiger partial charge in [0, 0.05) is 16.7 Å². The number of ether oxygens (including phenoxy) is 1. The van der Waals surface area contributed by atoms with E-state index in [0.29, 0.717) is 17.4 Å². The van der Waals surface area contributed by atoms with E-state index in [-0.39, 0.29) is 5.92 Å². The van der Waals surface area contributed by atoms with Gasteiger partial charge in [-0.2, -0.15) is 9.50 Å². The summed E-state index contributed by atoms with van der Waals surface area (Å²) in [6.45, 7) is 4.18. The van der Waals surface area contributed by atoms with Crippen LogP contribution < -0.4 is 10.5 Å². The number of aromatic nitrogens is 4. The molecular weight excluding hydrogens is 338 g/mol. The largest absolute Gasteiger partial charge is 0.496 e. The molecule has 0 aliphatic heterocycles. The second-order valence-electron chi connectivity index (χ2n) is 6.63. The number of rotatable bonds is 4. The smallest absolute Gasteiger partial charge is 0.254 e. The van der Waals surface area contributed by atoms with Crippen molar-refractivity contribution in [3.05, 3.63) is 60.3 Å². The second kappa shape index (κ2) is 6.72. The lowest BCUT2D eigenvalue weighted by Gasteiger charge is -2.17. The van der Waals surface area contributed by atoms with Gasteiger partial charge < -0.3 is 10.5 Å². The van der Waals surface area contributed by atoms with Crippen molar-refractivity contribution < 1.29 is 4.74 Å². The summed E-state index contributed by atoms with van der Waals surface area (Å²) in [4.78, 5) is 9.38. The molecule has 2 aromatic carbocycles. The number of anilines is 1. The van der Waals surface area contributed by atoms with Gasteiger partial charge >= 0.3 is 0 Å². The van der Waals surface area contributed by atoms with Crippen LogP contribution in [0, 0.1) is 0 Å². The van der Waals surface area contributed by atoms with E-state index in [9.17, 15) is 0 Å². The van der Waals surface area contributed by atoms with E-state index in [1.165, 1.54) is 0 Å². The summed E-state index contributed by atoms with van der Waals surface area (Å²) in [5.74, 6) is 2.50. The zero-order chi connectivity index (χ0) is 19.0. The van der Waals surface area contributed by atoms with Crippen LogP contribution in [0.3, 0.4) is 0 Å². The van der Waals surface area contributed by atoms with Gasteiger partial charge in [-0.1, -0.05) is 62.4 Å². The summed E-state index contributed by atoms with van der Waals surface area (Å²) in [7, 11) is 1.65. The molecule has 6 heteroatoms. The van der Waals surface area contributed by atoms with E-state index in [1.807, 2.05) is 54.6 Å². The molecule has 2 aromatic heterocycles. The molecule has 0 saturated heterocycles. The molecule has 0 aliphatic carbocycles. The average molecular weight is 359 g/mol. The molecular formula is C21H21N5O. The monoisotopic (exact) mass is 359 g/mol. The Bertz CT molecular complexity index is 1100. The highest BCUT2D eigenvalue weighted by Crippen LogP contribution is 2.38. The number of benzene rings is 2. The van der Waals surface area contributed by atoms with E-state index < -0.39 is 0 Å². The highest BCUT2D eigenvalue weighted by atomic mass is 16.5. The molecule has 4 rings (SSSR count). The number of para-hydroxylation sites is 1. The van der Waals surface area contributed by atoms with E-state index in [0.717, 1.165) is 28.1 Å². The molecule has 0 atom stereocenters. The maximum absolute atomic E-state index is 6.57. The minimum Gasteiger partial charge on any atom is -0.496 e. The number of fused-ring (bicyclic) bond motifs is 1. The molecule has 0 saturated carbocycles. The van der Waals surface area contributed by atoms with E-state index in [2.05, 4.69) is 23.9 Å². The van der Waals surface area contributed by atoms with Crippen LogP contribution in [0.15, 0.2) is 54.6 Å². The van der Waals surface area contributed by atoms with Crippen LogP contribution in [0.25, 0.3) is 28.3 Å². The van der Waals surface area contributed by atoms with Gasteiger partial charge in [0.15, 0.2) is 5.82 Å². The number of nitrogen functional groups attached to an aromatic ring is 1. The average Bonchev–Trinajstić information content (AvgIpc) is 3.13. The number of hydrogen-bond donors (Lipinski definition) is 1. The minimum atomic E-state index is 0.161. The van der Waals surface area contributed by atoms with Gasteiger partial charge in [-0.05, 0) is 12.0 Å². The number of nitrogens with zero attached hydrogens (tertiary/aromatic N) is 4. The highest BCUT2D eigenvalue weighted by molar-refractivity contribution is 5.82. The first-order chi connectivity index (χ1) is 13.1. The van der Waals surface area contributed by atoms with Crippen molar-refractivity contribution in [3.8, 4) is 28.3 Å². The predicted octanol–water partition coefficient (Wildman–Crippen LogP) is 4.17. The summed E-state index contributed by atoms with van der Waals surface area (Å²) in [6, 6.07) is 17.6. The van der Waals surface area contributed by atoms with Crippen molar-refractivity contribution in [2.75, 3.05) is 12.8 Å². The van der Waals surface area contributed by atoms with Crippen molar-refractivity contribution in [3.63, 3.8) is 0 Å². The molecule has 0 amide bonds. The number of nitrogens with two attached hydrogens (primary N) is 1. The molecule has 0 aliphatic rings. The maximum atomic E-state index is 6.57. The van der Waals surface area contributed by atoms with Crippen molar-refractivity contribution in [2.24, 2.45) is 0 Å². The third-order valence-electron chi connectivity index (χ3n) is 4.51. The summed E-state index contributed by atoms with van der Waals surface area (Å²) >= 11 is 0. The Morgan fingerprint density at radius 3 is 2.37 bits per heavy atom. The molecule has 0 radical (unpaired) electrons. The molecule has 0 spiro atoms. The maximum Gasteiger partial charge on any atom is 0.254 e. The molecule has 136 valence electrons. The van der Waals surface area contributed by atoms with E-state index in [1.54, 1.807) is 11.6 Å². The first-order valence-electron chi connectivity index (χ1n) is 8.85. The molecule has 4 aromatic rings. The molecule has 2 heterocycles. The van der Waals surface area contributed by atoms with Gasteiger partial charge in [-0.15, -0.1) is 5.10 Å². The highest BCUT2D eigenvalue weighted by Gasteiger charge is 2.22. The summed E-state index contributed by atoms with van der Waals surface area (Å²) < 4.78 is 7.15. The standard InChI is InChI=1S/C21H21N5O/c1-13(2)18-17(15-11-7-8-12-16(15)27-3)19(22)26-21(23-18)24-20(25-26)14-9-5-4-6-10-14/h4-13H,22H2,1-3H3. The topological polar surface area (TPSA) is 78.3 Å². The lowest BCUT2D eigenvalue weighted by Crippen LogP contribution is -2.09. The fourth-order valence-corrected chi connectivity index (χ4v) is 3.19. The minimum absolute atomic E-state index is 0.161. The zero-order valence-corrected chi connectivity index (χ0v) is 15.5. The zero-order valence-electron chi connectivity index (χ0n) is 15.5. The van der Waals surface area contributed by atoms with Gasteiger partial charge in [0.2, 0.25) is 0 Å². The Morgan fingerprint density at radius 2 is 1.67 bits per heavy atom. The Balaban J connectivity index is 2.01. The quantitative estimate of drug-likeness (QED) is 0.591. The van der Waals surface area contributed by atoms with Gasteiger partial charge in [-0.25, -0.2) is 4.98 Å². The van der Waals surface area contributed by atoms with E-state index >= 15 is 0 Å². The van der Waals surface area contributed by atoms with Gasteiger partial charge in [0.25, 0.3) is 5.78 Å². The van der Waals surface area contributed by atoms with Crippen LogP contribution in [0.1, 0.15) is 25.5 Å². The van der Waals surface area contributed by atoms with Gasteiger partial charge in [0.1, 0.15) is 11.6 Å². The molecule has 2 N–H and O–H groups in total. The SMILES string of the molecule is COc1ccccc1-c1c(C(C)C)nc2nc(-c3ccccc3)nn2c1N. The van der Waals surface area contributed by atoms with Crippen molar-refractivity contribution >= 4 is 11.6 Å². The molecule has 27 heavy (non-hydrogen) atoms. The van der Waals surface area contributed by atoms with Crippen LogP contribution in [0.4, 0.5) is 5.82 Å². The molecule has 0 fully saturated rings. The Morgan fingerprint density at radius 1 is 0.963 bits per heavy atom. The first kappa shape index (κ1) is 17.0. The molecule has 6 nitrogen and oxygen atoms in total. The Labute approximate surface area is 157 Å². The van der Waals surface area contributed by atoms with Crippen LogP contribution in [-0.2, 0) is 0 Å². The fraction of sp³-hybridized carbons (Fsp3) is 0.190. The van der Waals surface area contributed by atoms with Crippen LogP contribution >= 0.6 is 0 Å². The van der Waals surface area contributed by atoms with Crippen molar-refractivity contribution in [2.45, 2.75) is 19.8 Å². The van der Waals surface area contributed by atoms with Crippen LogP contribution in [-0.4, -0.2) is 26.7 Å². The van der Waals surface area contributed by atoms with Crippen LogP contribution in [0.2, 0.25) is 0 Å². The van der Waals surface area contributed by atoms with Crippen molar-refractivity contribution in [1.82, 2.24) is 19.6 Å². The fourth-order valence-electron chi connectivity index (χ4n) is 3.19. The Kier molecular flexibility index (Phi) is 4.24. The normalized spacial score (nSPS) is 11.3. The first-order valence-corrected chi connectivity index (χ1v) is 8.85. The number of methoxy groups -OCH3 is 1. The predicted molar refractivity (Wildman–Crippen MR) is 107 cm³/mol. The Hall–Kier alpha value is -3.41. The second-order valence-corrected chi connectivity index (χ2v) is 6.63. The van der Waals surface area contributed by atoms with Crippen LogP contribution in [0.5, 0.6) is 5.75 Å². The third-order valence-corrected chi connectivity index (χ3v) is 4.51. The van der Waals surface area contributed by atoms with E-state index in [4.69, 9.17) is 15.5 Å². The molecule has 0 bridgehead atoms. The third kappa shape index (κ3) is 2.89. The summed E-state index contributed by atoms with van der Waals surface area (Å²) in [6.07, 6.45) is 0. The molecule has 0 unspecified atom stereocenters. The lowest BCUT2D eigenvalue weighted by molar-refractivity contribution is 0.416. The summed E-state index contributed by atoms with van der Waals surface area (Å²) in [5.41, 5.74) is 10.1. The van der Waals surface area contributed by atoms with Gasteiger partial charge in [0.05, 0.1) is 12.8 Å². The van der Waals surface area contributed by atoms with Gasteiger partial charge in [-0.3, -0.25) is 0 Å². The summed E-state index contributed by atoms with van der Waals surface area (Å²) in [5, 5.41) is 4.60. The number of hydrogen-bond acceptors (Lipinski definition) is 5. The van der Waals surface area contributed by atoms with Crippen molar-refractivity contribution in [1.29, 1.82) is 0 Å². The lowest BCUT2D eigenvalue weighted by atomic mass is 9.97.